The molecule has 9 aliphatic carbocycles. The summed E-state index contributed by atoms with van der Waals surface area (Å²) >= 11 is 0. The van der Waals surface area contributed by atoms with Gasteiger partial charge in [-0.1, -0.05) is 182 Å². The maximum absolute atomic E-state index is 13.5. The van der Waals surface area contributed by atoms with E-state index in [0.29, 0.717) is 93.9 Å². The third-order valence-corrected chi connectivity index (χ3v) is 30.6. The lowest BCUT2D eigenvalue weighted by molar-refractivity contribution is -0.275. The predicted octanol–water partition coefficient (Wildman–Crippen LogP) is 37.0. The van der Waals surface area contributed by atoms with Crippen LogP contribution < -0.4 is 23.7 Å². The number of hydrogen-bond acceptors (Lipinski definition) is 5. The molecule has 9 atom stereocenters. The molecule has 11 aromatic rings. The summed E-state index contributed by atoms with van der Waals surface area (Å²) in [5.74, 6) is 7.50. The molecule has 0 aromatic heterocycles. The van der Waals surface area contributed by atoms with Gasteiger partial charge in [0.1, 0.15) is 47.1 Å². The Morgan fingerprint density at radius 3 is 1.05 bits per heavy atom. The molecule has 816 valence electrons. The number of aryl methyl sites for hydroxylation is 18. The Hall–Kier alpha value is -10.5. The van der Waals surface area contributed by atoms with Crippen LogP contribution in [-0.4, -0.2) is 33.3 Å². The fourth-order valence-electron chi connectivity index (χ4n) is 22.8. The third kappa shape index (κ3) is 34.5. The summed E-state index contributed by atoms with van der Waals surface area (Å²) in [6.45, 7) is 33.2. The zero-order valence-electron chi connectivity index (χ0n) is 91.4. The fourth-order valence-corrected chi connectivity index (χ4v) is 22.8. The predicted molar refractivity (Wildman–Crippen MR) is 573 cm³/mol. The Labute approximate surface area is 879 Å². The minimum atomic E-state index is -4.61. The summed E-state index contributed by atoms with van der Waals surface area (Å²) in [6.07, 6.45) is 15.6. The van der Waals surface area contributed by atoms with Gasteiger partial charge in [-0.25, -0.2) is 30.7 Å². The van der Waals surface area contributed by atoms with Crippen molar-refractivity contribution in [3.8, 4) is 28.7 Å². The zero-order chi connectivity index (χ0) is 110. The Morgan fingerprint density at radius 2 is 0.627 bits per heavy atom. The van der Waals surface area contributed by atoms with Crippen molar-refractivity contribution in [2.75, 3.05) is 13.7 Å². The molecule has 0 bridgehead atoms. The van der Waals surface area contributed by atoms with Crippen molar-refractivity contribution in [2.24, 2.45) is 53.3 Å². The van der Waals surface area contributed by atoms with Crippen LogP contribution in [0.2, 0.25) is 0 Å². The first kappa shape index (κ1) is 120. The Balaban J connectivity index is 0.000000158. The molecule has 0 heterocycles. The molecule has 20 rings (SSSR count). The first-order chi connectivity index (χ1) is 70.9. The lowest BCUT2D eigenvalue weighted by Gasteiger charge is -2.25. The van der Waals surface area contributed by atoms with E-state index in [4.69, 9.17) is 9.47 Å². The van der Waals surface area contributed by atoms with Gasteiger partial charge in [0.25, 0.3) is 6.43 Å². The van der Waals surface area contributed by atoms with E-state index < -0.39 is 51.5 Å². The van der Waals surface area contributed by atoms with E-state index in [-0.39, 0.29) is 29.6 Å². The molecule has 22 heteroatoms. The second-order valence-electron chi connectivity index (χ2n) is 44.6. The third-order valence-electron chi connectivity index (χ3n) is 30.6. The van der Waals surface area contributed by atoms with E-state index in [1.54, 1.807) is 51.1 Å². The highest BCUT2D eigenvalue weighted by Crippen LogP contribution is 2.45. The van der Waals surface area contributed by atoms with Gasteiger partial charge < -0.3 is 23.7 Å². The SMILES string of the molecule is Cc1cc(CF)c2c(c1)CCC(C)C2.Cc1cc(F)c2c(c1)CCC(C)C2.Cc1cc2c(c(C(F)(F)F)c1)CC(C)CC2.Cc1cc2c(c(C(F)F)c1)CC(C)CC2.Cc1cc2c(c(OC(F)F)c1)CC(C)CC2.Cc1cc2c(c(OCF)c1)CC(C)CC2.Cc1cc2c(c(OCF)c1)CC(C)CC2.Cc1ccc2c(c1OC(F)(F)F)CCC(C)C2.Cc1ccc2c(c1OC(F)F)CCC(C)C2.Cc1ccc2cc(C)c(F)cc2c1. The molecule has 0 radical (unpaired) electrons. The van der Waals surface area contributed by atoms with Crippen LogP contribution in [0.4, 0.5) is 74.6 Å². The van der Waals surface area contributed by atoms with Gasteiger partial charge in [0.05, 0.1) is 5.56 Å². The lowest BCUT2D eigenvalue weighted by Crippen LogP contribution is -2.21. The molecule has 0 spiro atoms. The highest BCUT2D eigenvalue weighted by molar-refractivity contribution is 5.84. The van der Waals surface area contributed by atoms with E-state index in [0.717, 1.165) is 252 Å². The molecule has 0 saturated heterocycles. The molecule has 0 amide bonds. The largest absolute Gasteiger partial charge is 0.573 e. The van der Waals surface area contributed by atoms with Crippen LogP contribution in [0.1, 0.15) is 305 Å². The maximum Gasteiger partial charge on any atom is 0.573 e. The number of ether oxygens (including phenoxy) is 5. The van der Waals surface area contributed by atoms with Gasteiger partial charge in [0.15, 0.2) is 0 Å². The van der Waals surface area contributed by atoms with Crippen molar-refractivity contribution in [1.82, 2.24) is 0 Å². The van der Waals surface area contributed by atoms with Crippen molar-refractivity contribution in [3.05, 3.63) is 329 Å². The van der Waals surface area contributed by atoms with E-state index in [1.165, 1.54) is 87.4 Å². The van der Waals surface area contributed by atoms with Crippen molar-refractivity contribution in [2.45, 2.75) is 351 Å². The van der Waals surface area contributed by atoms with Crippen LogP contribution in [0.3, 0.4) is 0 Å². The molecule has 0 aliphatic heterocycles. The lowest BCUT2D eigenvalue weighted by atomic mass is 9.81. The summed E-state index contributed by atoms with van der Waals surface area (Å²) in [5.41, 5.74) is 30.7. The number of alkyl halides is 15. The van der Waals surface area contributed by atoms with Crippen LogP contribution in [0.25, 0.3) is 10.8 Å². The minimum Gasteiger partial charge on any atom is -0.463 e. The normalized spacial score (nSPS) is 19.4. The van der Waals surface area contributed by atoms with E-state index in [1.807, 2.05) is 122 Å². The first-order valence-corrected chi connectivity index (χ1v) is 53.7. The Morgan fingerprint density at radius 1 is 0.280 bits per heavy atom. The summed E-state index contributed by atoms with van der Waals surface area (Å²) in [4.78, 5) is 0. The summed E-state index contributed by atoms with van der Waals surface area (Å²) in [6, 6.07) is 44.0. The highest BCUT2D eigenvalue weighted by Gasteiger charge is 2.38. The number of rotatable bonds is 11. The van der Waals surface area contributed by atoms with Crippen molar-refractivity contribution >= 4 is 10.8 Å². The van der Waals surface area contributed by atoms with E-state index in [9.17, 15) is 74.6 Å². The van der Waals surface area contributed by atoms with Crippen molar-refractivity contribution in [1.29, 1.82) is 0 Å². The smallest absolute Gasteiger partial charge is 0.463 e. The molecular weight excluding hydrogens is 1940 g/mol. The van der Waals surface area contributed by atoms with Gasteiger partial charge in [-0.3, -0.25) is 0 Å². The zero-order valence-corrected chi connectivity index (χ0v) is 91.4. The average molecular weight is 2100 g/mol. The van der Waals surface area contributed by atoms with Gasteiger partial charge >= 0.3 is 25.8 Å². The van der Waals surface area contributed by atoms with Gasteiger partial charge in [-0.05, 0) is 501 Å². The monoisotopic (exact) mass is 2100 g/mol. The number of halogens is 17. The molecule has 5 nitrogen and oxygen atoms in total. The second-order valence-corrected chi connectivity index (χ2v) is 44.6. The molecular formula is C128H155F17O5. The standard InChI is InChI=1S/C13H15F3O.C13H15F3.2C13H16F2O.C13H16F2.2C13H17FO.C13H17F.C12H15F.C12H11F/c1-8-3-6-11-10(7-8)5-4-9(2)12(11)17-13(14,15)16;1-8-3-4-10-5-9(2)7-12(11(10)6-8)13(14,15)16;1-8-3-6-11-10(7-8)5-4-9(2)12(11)16-13(14)15;1-8-3-4-10-5-9(2)7-12(11(10)6-8)16-13(14)15;1-8-3-4-10-5-9(2)7-12(13(14)15)11(10)6-8;2*1-9-3-4-11-5-10(2)7-13(15-8-14)12(11)6-9;1-9-3-4-11-5-10(2)6-12(8-14)13(11)7-9;1-8-3-4-10-5-9(2)7-12(13)11(10)6-8;1-8-3-4-10-6-9(2)12(13)7-11(10)5-8/h4-5,8H,3,6-7H2,1-2H3;5,7-8H,3-4,6H2,1-2H3;4-5,8,13H,3,6-7H2,1-2H3;5,7-8,13H,3-4,6H2,1-2H3;5,7-8,13H,3-4,6H2,1-2H3;2*5,7,9H,3-4,6,8H2,1-2H3;5-6,9H,3-4,7-8H2,1-2H3;5,7-8H,3-4,6H2,1-2H3;3-7H,1-2H3. The summed E-state index contributed by atoms with van der Waals surface area (Å²) in [5, 5.41) is 2.08. The Bertz CT molecular complexity index is 6240. The van der Waals surface area contributed by atoms with Crippen LogP contribution in [0.5, 0.6) is 28.7 Å². The van der Waals surface area contributed by atoms with Crippen molar-refractivity contribution < 1.29 is 98.3 Å². The molecule has 9 aliphatic rings. The second kappa shape index (κ2) is 54.8. The van der Waals surface area contributed by atoms with Crippen LogP contribution in [0, 0.1) is 141 Å². The van der Waals surface area contributed by atoms with E-state index >= 15 is 0 Å². The van der Waals surface area contributed by atoms with Crippen LogP contribution in [-0.2, 0) is 128 Å². The number of fused-ring (bicyclic) bond motifs is 10. The molecule has 0 N–H and O–H groups in total. The summed E-state index contributed by atoms with van der Waals surface area (Å²) < 4.78 is 238. The van der Waals surface area contributed by atoms with Crippen LogP contribution >= 0.6 is 0 Å². The fraction of sp³-hybridized carbons (Fsp3) is 0.500. The van der Waals surface area contributed by atoms with Gasteiger partial charge in [-0.2, -0.15) is 30.7 Å². The molecule has 9 unspecified atom stereocenters. The molecule has 150 heavy (non-hydrogen) atoms. The topological polar surface area (TPSA) is 46.2 Å². The quantitative estimate of drug-likeness (QED) is 0.121. The first-order valence-electron chi connectivity index (χ1n) is 53.7. The molecule has 0 saturated carbocycles. The van der Waals surface area contributed by atoms with Gasteiger partial charge in [0.2, 0.25) is 13.7 Å². The van der Waals surface area contributed by atoms with Crippen LogP contribution in [0.15, 0.2) is 140 Å². The maximum atomic E-state index is 13.5. The van der Waals surface area contributed by atoms with Gasteiger partial charge in [-0.15, -0.1) is 13.2 Å². The average Bonchev–Trinajstić information content (AvgIpc) is 0.778. The van der Waals surface area contributed by atoms with Crippen molar-refractivity contribution in [3.63, 3.8) is 0 Å². The molecule has 0 fully saturated rings. The molecule has 11 aromatic carbocycles. The minimum absolute atomic E-state index is 0.00144. The highest BCUT2D eigenvalue weighted by atomic mass is 19.4. The number of hydrogen-bond donors (Lipinski definition) is 0. The Kier molecular flexibility index (Phi) is 43.8. The summed E-state index contributed by atoms with van der Waals surface area (Å²) in [7, 11) is 0. The van der Waals surface area contributed by atoms with Gasteiger partial charge in [0, 0.05) is 5.56 Å². The van der Waals surface area contributed by atoms with E-state index in [2.05, 4.69) is 113 Å². The number of benzene rings is 11.